The van der Waals surface area contributed by atoms with Gasteiger partial charge in [-0.15, -0.1) is 0 Å². The normalized spacial score (nSPS) is 22.9. The molecule has 2 saturated heterocycles. The molecule has 0 radical (unpaired) electrons. The predicted molar refractivity (Wildman–Crippen MR) is 148 cm³/mol. The van der Waals surface area contributed by atoms with Crippen molar-refractivity contribution in [3.8, 4) is 11.3 Å². The average Bonchev–Trinajstić information content (AvgIpc) is 3.47. The summed E-state index contributed by atoms with van der Waals surface area (Å²) in [5.41, 5.74) is 3.57. The molecule has 2 aromatic carbocycles. The summed E-state index contributed by atoms with van der Waals surface area (Å²) in [5.74, 6) is 0.223. The molecule has 10 nitrogen and oxygen atoms in total. The fraction of sp³-hybridized carbons (Fsp3) is 0.393. The molecular weight excluding hydrogens is 518 g/mol. The Kier molecular flexibility index (Phi) is 7.43. The highest BCUT2D eigenvalue weighted by Gasteiger charge is 2.49. The molecule has 3 heterocycles. The third kappa shape index (κ3) is 6.11. The summed E-state index contributed by atoms with van der Waals surface area (Å²) in [7, 11) is -3.82. The Bertz CT molecular complexity index is 1460. The van der Waals surface area contributed by atoms with Gasteiger partial charge in [-0.05, 0) is 47.4 Å². The van der Waals surface area contributed by atoms with Gasteiger partial charge in [0, 0.05) is 24.4 Å². The Morgan fingerprint density at radius 1 is 0.974 bits per heavy atom. The van der Waals surface area contributed by atoms with Crippen molar-refractivity contribution in [3.05, 3.63) is 66.4 Å². The maximum absolute atomic E-state index is 13.0. The van der Waals surface area contributed by atoms with Gasteiger partial charge in [0.15, 0.2) is 0 Å². The van der Waals surface area contributed by atoms with E-state index >= 15 is 0 Å². The number of hydrogen-bond acceptors (Lipinski definition) is 8. The van der Waals surface area contributed by atoms with Gasteiger partial charge in [0.2, 0.25) is 21.9 Å². The number of carbonyl (C=O) groups excluding carboxylic acids is 1. The smallest absolute Gasteiger partial charge is 0.240 e. The van der Waals surface area contributed by atoms with Crippen LogP contribution in [-0.2, 0) is 29.7 Å². The quantitative estimate of drug-likeness (QED) is 0.408. The van der Waals surface area contributed by atoms with Gasteiger partial charge in [-0.25, -0.2) is 23.1 Å². The zero-order chi connectivity index (χ0) is 27.8. The number of nitrogens with zero attached hydrogens (tertiary/aromatic N) is 2. The minimum absolute atomic E-state index is 0.0222. The average molecular weight is 552 g/mol. The van der Waals surface area contributed by atoms with Crippen LogP contribution in [0.25, 0.3) is 11.3 Å². The number of anilines is 2. The predicted octanol–water partition coefficient (Wildman–Crippen LogP) is 3.32. The second-order valence-corrected chi connectivity index (χ2v) is 12.6. The van der Waals surface area contributed by atoms with Gasteiger partial charge in [-0.1, -0.05) is 39.0 Å². The molecule has 2 aliphatic heterocycles. The topological polar surface area (TPSA) is 132 Å². The number of aromatic nitrogens is 2. The van der Waals surface area contributed by atoms with Crippen molar-refractivity contribution < 1.29 is 22.7 Å². The minimum atomic E-state index is -3.82. The Balaban J connectivity index is 1.24. The lowest BCUT2D eigenvalue weighted by Gasteiger charge is -2.20. The van der Waals surface area contributed by atoms with E-state index in [4.69, 9.17) is 14.5 Å². The Labute approximate surface area is 228 Å². The molecule has 0 unspecified atom stereocenters. The first-order valence-corrected chi connectivity index (χ1v) is 14.3. The molecule has 3 aromatic rings. The maximum Gasteiger partial charge on any atom is 0.240 e. The van der Waals surface area contributed by atoms with Gasteiger partial charge < -0.3 is 20.1 Å². The van der Waals surface area contributed by atoms with Crippen LogP contribution in [0.5, 0.6) is 0 Å². The van der Waals surface area contributed by atoms with Crippen LogP contribution in [0.4, 0.5) is 11.6 Å². The molecule has 4 atom stereocenters. The number of sulfonamides is 1. The third-order valence-electron chi connectivity index (χ3n) is 6.84. The summed E-state index contributed by atoms with van der Waals surface area (Å²) in [4.78, 5) is 20.4. The number of amides is 1. The lowest BCUT2D eigenvalue weighted by Crippen LogP contribution is -2.44. The van der Waals surface area contributed by atoms with Gasteiger partial charge in [0.05, 0.1) is 35.9 Å². The molecule has 0 aliphatic carbocycles. The van der Waals surface area contributed by atoms with Gasteiger partial charge in [-0.2, -0.15) is 0 Å². The van der Waals surface area contributed by atoms with Crippen molar-refractivity contribution in [2.75, 3.05) is 23.8 Å². The van der Waals surface area contributed by atoms with Crippen LogP contribution in [-0.4, -0.2) is 61.8 Å². The van der Waals surface area contributed by atoms with Crippen molar-refractivity contribution in [3.63, 3.8) is 0 Å². The first kappa shape index (κ1) is 27.2. The number of nitrogens with one attached hydrogen (secondary N) is 3. The highest BCUT2D eigenvalue weighted by Crippen LogP contribution is 2.31. The SMILES string of the molecule is CC(=O)Nc1ccc(S(=O)(=O)N[C@H]2CO[C@H]3[C@@H]2OC[C@@H]3Nc2nccc(-c3cccc(C(C)(C)C)c3)n2)cc1. The van der Waals surface area contributed by atoms with Gasteiger partial charge in [0.25, 0.3) is 0 Å². The first-order valence-electron chi connectivity index (χ1n) is 12.8. The summed E-state index contributed by atoms with van der Waals surface area (Å²) in [6.07, 6.45) is 0.893. The zero-order valence-electron chi connectivity index (χ0n) is 22.3. The molecule has 3 N–H and O–H groups in total. The number of rotatable bonds is 7. The molecule has 1 amide bonds. The van der Waals surface area contributed by atoms with E-state index in [0.717, 1.165) is 11.3 Å². The standard InChI is InChI=1S/C28H33N5O5S/c1-17(34)30-20-8-10-21(11-9-20)39(35,36)33-24-16-38-25-23(15-37-26(24)25)32-27-29-13-12-22(31-27)18-6-5-7-19(14-18)28(2,3)4/h5-14,23-26,33H,15-16H2,1-4H3,(H,30,34)(H,29,31,32)/t23-,24-,25+,26+/m0/s1. The molecule has 5 rings (SSSR count). The Morgan fingerprint density at radius 2 is 1.67 bits per heavy atom. The number of ether oxygens (including phenoxy) is 2. The highest BCUT2D eigenvalue weighted by molar-refractivity contribution is 7.89. The molecule has 39 heavy (non-hydrogen) atoms. The monoisotopic (exact) mass is 551 g/mol. The van der Waals surface area contributed by atoms with Crippen LogP contribution in [0.3, 0.4) is 0 Å². The molecule has 0 spiro atoms. The maximum atomic E-state index is 13.0. The van der Waals surface area contributed by atoms with Gasteiger partial charge in [0.1, 0.15) is 12.2 Å². The van der Waals surface area contributed by atoms with Crippen molar-refractivity contribution in [2.24, 2.45) is 0 Å². The third-order valence-corrected chi connectivity index (χ3v) is 8.35. The number of fused-ring (bicyclic) bond motifs is 1. The minimum Gasteiger partial charge on any atom is -0.371 e. The lowest BCUT2D eigenvalue weighted by molar-refractivity contribution is -0.114. The molecule has 1 aromatic heterocycles. The lowest BCUT2D eigenvalue weighted by atomic mass is 9.86. The van der Waals surface area contributed by atoms with Gasteiger partial charge >= 0.3 is 0 Å². The molecule has 206 valence electrons. The zero-order valence-corrected chi connectivity index (χ0v) is 23.2. The molecular formula is C28H33N5O5S. The van der Waals surface area contributed by atoms with E-state index in [0.29, 0.717) is 18.2 Å². The summed E-state index contributed by atoms with van der Waals surface area (Å²) in [6, 6.07) is 15.4. The number of carbonyl (C=O) groups is 1. The molecule has 11 heteroatoms. The summed E-state index contributed by atoms with van der Waals surface area (Å²) in [6.45, 7) is 8.42. The number of benzene rings is 2. The molecule has 0 saturated carbocycles. The van der Waals surface area contributed by atoms with E-state index in [1.54, 1.807) is 18.3 Å². The fourth-order valence-corrected chi connectivity index (χ4v) is 6.04. The Morgan fingerprint density at radius 3 is 2.36 bits per heavy atom. The second-order valence-electron chi connectivity index (χ2n) is 10.9. The summed E-state index contributed by atoms with van der Waals surface area (Å²) in [5, 5.41) is 5.94. The van der Waals surface area contributed by atoms with E-state index in [9.17, 15) is 13.2 Å². The highest BCUT2D eigenvalue weighted by atomic mass is 32.2. The number of hydrogen-bond donors (Lipinski definition) is 3. The largest absolute Gasteiger partial charge is 0.371 e. The van der Waals surface area contributed by atoms with Crippen LogP contribution >= 0.6 is 0 Å². The molecule has 2 aliphatic rings. The van der Waals surface area contributed by atoms with E-state index in [-0.39, 0.29) is 35.0 Å². The molecule has 2 fully saturated rings. The summed E-state index contributed by atoms with van der Waals surface area (Å²) >= 11 is 0. The van der Waals surface area contributed by atoms with E-state index in [1.165, 1.54) is 24.6 Å². The second kappa shape index (κ2) is 10.6. The molecule has 0 bridgehead atoms. The first-order chi connectivity index (χ1) is 18.5. The van der Waals surface area contributed by atoms with E-state index < -0.39 is 22.2 Å². The van der Waals surface area contributed by atoms with Crippen LogP contribution < -0.4 is 15.4 Å². The van der Waals surface area contributed by atoms with Crippen LogP contribution in [0.1, 0.15) is 33.3 Å². The van der Waals surface area contributed by atoms with Crippen LogP contribution in [0, 0.1) is 0 Å². The van der Waals surface area contributed by atoms with Crippen molar-refractivity contribution in [2.45, 2.75) is 62.3 Å². The van der Waals surface area contributed by atoms with Crippen molar-refractivity contribution in [1.82, 2.24) is 14.7 Å². The van der Waals surface area contributed by atoms with Crippen molar-refractivity contribution in [1.29, 1.82) is 0 Å². The van der Waals surface area contributed by atoms with Crippen LogP contribution in [0.15, 0.2) is 65.7 Å². The van der Waals surface area contributed by atoms with E-state index in [1.807, 2.05) is 18.2 Å². The summed E-state index contributed by atoms with van der Waals surface area (Å²) < 4.78 is 40.6. The van der Waals surface area contributed by atoms with E-state index in [2.05, 4.69) is 53.2 Å². The van der Waals surface area contributed by atoms with Crippen molar-refractivity contribution >= 4 is 27.6 Å². The fourth-order valence-electron chi connectivity index (χ4n) is 4.81. The van der Waals surface area contributed by atoms with Gasteiger partial charge in [-0.3, -0.25) is 4.79 Å². The van der Waals surface area contributed by atoms with Crippen LogP contribution in [0.2, 0.25) is 0 Å². The Hall–Kier alpha value is -3.38.